The zero-order valence-electron chi connectivity index (χ0n) is 20.3. The first kappa shape index (κ1) is 22.5. The molecule has 3 N–H and O–H groups in total. The number of benzene rings is 1. The first-order chi connectivity index (χ1) is 18.7. The standard InChI is InChI=1S/C28H23FN8O/c29-18-3-1-16(2-4-18)21-9-12-32-27-24(21)34-28(35-27)26-25-23(36-37-26)6-5-22(33-25)17-13-20(15-31-14-17)38-19-7-10-30-11-8-19/h1-6,9,12-15,19,30H,7-8,10-11H2,(H,36,37)(H,32,34,35). The van der Waals surface area contributed by atoms with Gasteiger partial charge < -0.3 is 15.0 Å². The molecule has 0 aliphatic carbocycles. The number of aromatic amines is 2. The third-order valence-electron chi connectivity index (χ3n) is 6.78. The fraction of sp³-hybridized carbons (Fsp3) is 0.179. The van der Waals surface area contributed by atoms with E-state index in [2.05, 4.69) is 35.5 Å². The third kappa shape index (κ3) is 4.14. The molecule has 0 unspecified atom stereocenters. The lowest BCUT2D eigenvalue weighted by molar-refractivity contribution is 0.162. The largest absolute Gasteiger partial charge is 0.489 e. The lowest BCUT2D eigenvalue weighted by atomic mass is 10.1. The Morgan fingerprint density at radius 1 is 0.921 bits per heavy atom. The first-order valence-corrected chi connectivity index (χ1v) is 12.5. The smallest absolute Gasteiger partial charge is 0.178 e. The molecule has 1 aliphatic heterocycles. The van der Waals surface area contributed by atoms with E-state index >= 15 is 0 Å². The maximum absolute atomic E-state index is 13.5. The van der Waals surface area contributed by atoms with Gasteiger partial charge in [-0.25, -0.2) is 19.3 Å². The van der Waals surface area contributed by atoms with Crippen molar-refractivity contribution in [1.29, 1.82) is 0 Å². The lowest BCUT2D eigenvalue weighted by Gasteiger charge is -2.23. The van der Waals surface area contributed by atoms with Gasteiger partial charge in [-0.2, -0.15) is 5.10 Å². The number of halogens is 1. The minimum atomic E-state index is -0.284. The molecule has 0 radical (unpaired) electrons. The van der Waals surface area contributed by atoms with E-state index in [9.17, 15) is 4.39 Å². The van der Waals surface area contributed by atoms with Crippen LogP contribution in [-0.2, 0) is 0 Å². The number of hydrogen-bond acceptors (Lipinski definition) is 7. The van der Waals surface area contributed by atoms with Crippen LogP contribution >= 0.6 is 0 Å². The third-order valence-corrected chi connectivity index (χ3v) is 6.78. The Balaban J connectivity index is 1.25. The van der Waals surface area contributed by atoms with Gasteiger partial charge in [0.25, 0.3) is 0 Å². The number of nitrogens with zero attached hydrogens (tertiary/aromatic N) is 5. The number of piperidine rings is 1. The van der Waals surface area contributed by atoms with Gasteiger partial charge in [0, 0.05) is 23.5 Å². The van der Waals surface area contributed by atoms with E-state index in [1.54, 1.807) is 30.7 Å². The number of rotatable bonds is 5. The summed E-state index contributed by atoms with van der Waals surface area (Å²) in [7, 11) is 0. The minimum absolute atomic E-state index is 0.186. The van der Waals surface area contributed by atoms with E-state index in [-0.39, 0.29) is 11.9 Å². The fourth-order valence-electron chi connectivity index (χ4n) is 4.85. The van der Waals surface area contributed by atoms with E-state index < -0.39 is 0 Å². The molecule has 188 valence electrons. The summed E-state index contributed by atoms with van der Waals surface area (Å²) in [5.74, 6) is 0.993. The molecule has 10 heteroatoms. The molecular weight excluding hydrogens is 483 g/mol. The van der Waals surface area contributed by atoms with E-state index in [0.29, 0.717) is 22.7 Å². The Hall–Kier alpha value is -4.70. The molecule has 1 saturated heterocycles. The maximum atomic E-state index is 13.5. The van der Waals surface area contributed by atoms with Crippen LogP contribution in [0.25, 0.3) is 56.1 Å². The summed E-state index contributed by atoms with van der Waals surface area (Å²) in [5.41, 5.74) is 6.68. The van der Waals surface area contributed by atoms with Crippen LogP contribution in [0.3, 0.4) is 0 Å². The van der Waals surface area contributed by atoms with Crippen molar-refractivity contribution in [2.45, 2.75) is 18.9 Å². The predicted octanol–water partition coefficient (Wildman–Crippen LogP) is 4.90. The molecule has 1 aliphatic rings. The zero-order valence-corrected chi connectivity index (χ0v) is 20.3. The van der Waals surface area contributed by atoms with Crippen LogP contribution in [0.2, 0.25) is 0 Å². The van der Waals surface area contributed by atoms with Crippen molar-refractivity contribution in [2.24, 2.45) is 0 Å². The van der Waals surface area contributed by atoms with Gasteiger partial charge in [-0.1, -0.05) is 12.1 Å². The van der Waals surface area contributed by atoms with Crippen LogP contribution in [-0.4, -0.2) is 54.3 Å². The highest BCUT2D eigenvalue weighted by Gasteiger charge is 2.18. The topological polar surface area (TPSA) is 117 Å². The van der Waals surface area contributed by atoms with E-state index in [1.807, 2.05) is 24.3 Å². The molecule has 0 amide bonds. The molecule has 38 heavy (non-hydrogen) atoms. The van der Waals surface area contributed by atoms with Crippen molar-refractivity contribution in [2.75, 3.05) is 13.1 Å². The Morgan fingerprint density at radius 2 is 1.79 bits per heavy atom. The van der Waals surface area contributed by atoms with Gasteiger partial charge in [0.2, 0.25) is 0 Å². The highest BCUT2D eigenvalue weighted by Crippen LogP contribution is 2.31. The van der Waals surface area contributed by atoms with Crippen LogP contribution in [0.5, 0.6) is 5.75 Å². The van der Waals surface area contributed by atoms with Gasteiger partial charge in [0.1, 0.15) is 23.2 Å². The second kappa shape index (κ2) is 9.31. The monoisotopic (exact) mass is 506 g/mol. The Kier molecular flexibility index (Phi) is 5.51. The van der Waals surface area contributed by atoms with Gasteiger partial charge in [-0.15, -0.1) is 0 Å². The van der Waals surface area contributed by atoms with E-state index in [4.69, 9.17) is 9.72 Å². The summed E-state index contributed by atoms with van der Waals surface area (Å²) in [6, 6.07) is 14.1. The van der Waals surface area contributed by atoms with Crippen LogP contribution in [0.15, 0.2) is 67.1 Å². The summed E-state index contributed by atoms with van der Waals surface area (Å²) in [5, 5.41) is 10.9. The molecule has 1 fully saturated rings. The van der Waals surface area contributed by atoms with Gasteiger partial charge >= 0.3 is 0 Å². The molecule has 0 atom stereocenters. The molecular formula is C28H23FN8O. The molecule has 6 heterocycles. The molecule has 0 bridgehead atoms. The Labute approximate surface area is 216 Å². The summed E-state index contributed by atoms with van der Waals surface area (Å²) in [4.78, 5) is 21.8. The number of aromatic nitrogens is 7. The molecule has 0 spiro atoms. The molecule has 1 aromatic carbocycles. The number of ether oxygens (including phenoxy) is 1. The van der Waals surface area contributed by atoms with Crippen molar-refractivity contribution in [3.8, 4) is 39.7 Å². The van der Waals surface area contributed by atoms with Crippen molar-refractivity contribution in [1.82, 2.24) is 40.4 Å². The molecule has 0 saturated carbocycles. The van der Waals surface area contributed by atoms with Gasteiger partial charge in [-0.3, -0.25) is 10.1 Å². The molecule has 9 nitrogen and oxygen atoms in total. The van der Waals surface area contributed by atoms with Gasteiger partial charge in [-0.05, 0) is 67.9 Å². The molecule has 7 rings (SSSR count). The SMILES string of the molecule is Fc1ccc(-c2ccnc3nc(-c4n[nH]c5ccc(-c6cncc(OC7CCNCC7)c6)nc45)[nH]c23)cc1. The number of H-pyrrole nitrogens is 2. The maximum Gasteiger partial charge on any atom is 0.178 e. The number of pyridine rings is 3. The number of imidazole rings is 1. The van der Waals surface area contributed by atoms with Crippen molar-refractivity contribution < 1.29 is 9.13 Å². The first-order valence-electron chi connectivity index (χ1n) is 12.5. The van der Waals surface area contributed by atoms with Crippen molar-refractivity contribution in [3.05, 3.63) is 72.9 Å². The Morgan fingerprint density at radius 3 is 2.66 bits per heavy atom. The molecule has 5 aromatic heterocycles. The average molecular weight is 507 g/mol. The number of hydrogen-bond donors (Lipinski definition) is 3. The summed E-state index contributed by atoms with van der Waals surface area (Å²) >= 11 is 0. The lowest BCUT2D eigenvalue weighted by Crippen LogP contribution is -2.34. The van der Waals surface area contributed by atoms with E-state index in [1.165, 1.54) is 12.1 Å². The fourth-order valence-corrected chi connectivity index (χ4v) is 4.85. The summed E-state index contributed by atoms with van der Waals surface area (Å²) < 4.78 is 19.7. The summed E-state index contributed by atoms with van der Waals surface area (Å²) in [6.45, 7) is 1.92. The van der Waals surface area contributed by atoms with Crippen molar-refractivity contribution in [3.63, 3.8) is 0 Å². The van der Waals surface area contributed by atoms with Crippen LogP contribution in [0.1, 0.15) is 12.8 Å². The second-order valence-corrected chi connectivity index (χ2v) is 9.29. The normalized spacial score (nSPS) is 14.3. The van der Waals surface area contributed by atoms with Crippen LogP contribution in [0, 0.1) is 5.82 Å². The quantitative estimate of drug-likeness (QED) is 0.305. The number of nitrogens with one attached hydrogen (secondary N) is 3. The number of fused-ring (bicyclic) bond motifs is 2. The van der Waals surface area contributed by atoms with Gasteiger partial charge in [0.15, 0.2) is 17.2 Å². The van der Waals surface area contributed by atoms with Gasteiger partial charge in [0.05, 0.1) is 22.9 Å². The highest BCUT2D eigenvalue weighted by atomic mass is 19.1. The zero-order chi connectivity index (χ0) is 25.5. The molecule has 6 aromatic rings. The highest BCUT2D eigenvalue weighted by molar-refractivity contribution is 5.94. The summed E-state index contributed by atoms with van der Waals surface area (Å²) in [6.07, 6.45) is 7.35. The average Bonchev–Trinajstić information content (AvgIpc) is 3.58. The van der Waals surface area contributed by atoms with E-state index in [0.717, 1.165) is 65.1 Å². The Bertz CT molecular complexity index is 1750. The van der Waals surface area contributed by atoms with Crippen LogP contribution in [0.4, 0.5) is 4.39 Å². The van der Waals surface area contributed by atoms with Crippen molar-refractivity contribution >= 4 is 22.2 Å². The predicted molar refractivity (Wildman–Crippen MR) is 142 cm³/mol. The minimum Gasteiger partial charge on any atom is -0.489 e. The second-order valence-electron chi connectivity index (χ2n) is 9.29. The van der Waals surface area contributed by atoms with Crippen LogP contribution < -0.4 is 10.1 Å².